The Hall–Kier alpha value is -2.69. The summed E-state index contributed by atoms with van der Waals surface area (Å²) < 4.78 is 10.7. The van der Waals surface area contributed by atoms with Crippen LogP contribution in [0.15, 0.2) is 48.5 Å². The van der Waals surface area contributed by atoms with Gasteiger partial charge in [-0.1, -0.05) is 24.3 Å². The summed E-state index contributed by atoms with van der Waals surface area (Å²) in [5.74, 6) is 2.28. The molecular weight excluding hydrogens is 352 g/mol. The zero-order valence-corrected chi connectivity index (χ0v) is 16.8. The lowest BCUT2D eigenvalue weighted by molar-refractivity contribution is 0.207. The smallest absolute Gasteiger partial charge is 0.317 e. The molecule has 2 amide bonds. The van der Waals surface area contributed by atoms with Crippen LogP contribution in [0.1, 0.15) is 24.5 Å². The van der Waals surface area contributed by atoms with Crippen molar-refractivity contribution in [1.82, 2.24) is 10.2 Å². The quantitative estimate of drug-likeness (QED) is 0.753. The molecular formula is C23H30N2O3. The molecule has 1 aliphatic heterocycles. The van der Waals surface area contributed by atoms with E-state index in [2.05, 4.69) is 23.5 Å². The maximum atomic E-state index is 12.5. The number of carbonyl (C=O) groups excluding carboxylic acids is 1. The van der Waals surface area contributed by atoms with E-state index in [0.29, 0.717) is 19.1 Å². The van der Waals surface area contributed by atoms with Gasteiger partial charge in [0.05, 0.1) is 13.7 Å². The van der Waals surface area contributed by atoms with Gasteiger partial charge in [0.1, 0.15) is 11.5 Å². The van der Waals surface area contributed by atoms with Crippen molar-refractivity contribution in [2.24, 2.45) is 5.92 Å². The minimum absolute atomic E-state index is 0.0400. The number of nitrogens with one attached hydrogen (secondary N) is 1. The Morgan fingerprint density at radius 1 is 1.14 bits per heavy atom. The van der Waals surface area contributed by atoms with Gasteiger partial charge in [-0.3, -0.25) is 0 Å². The van der Waals surface area contributed by atoms with E-state index in [1.807, 2.05) is 42.2 Å². The Kier molecular flexibility index (Phi) is 7.18. The summed E-state index contributed by atoms with van der Waals surface area (Å²) in [6, 6.07) is 16.3. The summed E-state index contributed by atoms with van der Waals surface area (Å²) in [5.41, 5.74) is 2.47. The summed E-state index contributed by atoms with van der Waals surface area (Å²) in [7, 11) is 1.68. The number of methoxy groups -OCH3 is 1. The molecule has 0 aliphatic carbocycles. The van der Waals surface area contributed by atoms with Crippen molar-refractivity contribution in [3.63, 3.8) is 0 Å². The molecule has 5 nitrogen and oxygen atoms in total. The number of carbonyl (C=O) groups is 1. The van der Waals surface area contributed by atoms with Crippen molar-refractivity contribution in [3.05, 3.63) is 59.7 Å². The van der Waals surface area contributed by atoms with Crippen LogP contribution in [0, 0.1) is 5.92 Å². The summed E-state index contributed by atoms with van der Waals surface area (Å²) >= 11 is 0. The van der Waals surface area contributed by atoms with Gasteiger partial charge >= 0.3 is 6.03 Å². The van der Waals surface area contributed by atoms with Crippen molar-refractivity contribution in [3.8, 4) is 11.5 Å². The Labute approximate surface area is 167 Å². The Bertz CT molecular complexity index is 761. The first-order chi connectivity index (χ1) is 13.7. The predicted molar refractivity (Wildman–Crippen MR) is 111 cm³/mol. The lowest BCUT2D eigenvalue weighted by Crippen LogP contribution is -2.39. The lowest BCUT2D eigenvalue weighted by atomic mass is 9.99. The second kappa shape index (κ2) is 10.0. The van der Waals surface area contributed by atoms with Gasteiger partial charge < -0.3 is 19.7 Å². The average molecular weight is 383 g/mol. The summed E-state index contributed by atoms with van der Waals surface area (Å²) in [6.45, 7) is 4.91. The normalized spacial score (nSPS) is 16.1. The van der Waals surface area contributed by atoms with E-state index in [0.717, 1.165) is 43.9 Å². The summed E-state index contributed by atoms with van der Waals surface area (Å²) in [6.07, 6.45) is 2.85. The third-order valence-corrected chi connectivity index (χ3v) is 5.16. The molecule has 3 rings (SSSR count). The van der Waals surface area contributed by atoms with E-state index in [-0.39, 0.29) is 6.03 Å². The average Bonchev–Trinajstić information content (AvgIpc) is 3.18. The highest BCUT2D eigenvalue weighted by molar-refractivity contribution is 5.74. The number of ether oxygens (including phenoxy) is 2. The Morgan fingerprint density at radius 2 is 1.96 bits per heavy atom. The SMILES string of the molecule is CCOc1cccc(CCNC(=O)N2CCC(Cc3ccc(OC)cc3)C2)c1. The molecule has 150 valence electrons. The van der Waals surface area contributed by atoms with E-state index >= 15 is 0 Å². The molecule has 1 unspecified atom stereocenters. The number of rotatable bonds is 8. The van der Waals surface area contributed by atoms with Crippen LogP contribution in [0.2, 0.25) is 0 Å². The monoisotopic (exact) mass is 382 g/mol. The highest BCUT2D eigenvalue weighted by Gasteiger charge is 2.26. The summed E-state index contributed by atoms with van der Waals surface area (Å²) in [5, 5.41) is 3.05. The molecule has 1 saturated heterocycles. The molecule has 2 aromatic carbocycles. The van der Waals surface area contributed by atoms with Crippen LogP contribution in [0.4, 0.5) is 4.79 Å². The molecule has 28 heavy (non-hydrogen) atoms. The van der Waals surface area contributed by atoms with Gasteiger partial charge in [0.2, 0.25) is 0 Å². The molecule has 1 atom stereocenters. The van der Waals surface area contributed by atoms with Crippen LogP contribution >= 0.6 is 0 Å². The lowest BCUT2D eigenvalue weighted by Gasteiger charge is -2.17. The molecule has 1 aliphatic rings. The van der Waals surface area contributed by atoms with Crippen molar-refractivity contribution in [2.45, 2.75) is 26.2 Å². The predicted octanol–water partition coefficient (Wildman–Crippen LogP) is 3.91. The number of benzene rings is 2. The first-order valence-electron chi connectivity index (χ1n) is 10.1. The number of amides is 2. The van der Waals surface area contributed by atoms with Crippen LogP contribution in [0.3, 0.4) is 0 Å². The molecule has 0 spiro atoms. The van der Waals surface area contributed by atoms with Crippen molar-refractivity contribution in [2.75, 3.05) is 33.4 Å². The minimum Gasteiger partial charge on any atom is -0.497 e. The fourth-order valence-corrected chi connectivity index (χ4v) is 3.66. The van der Waals surface area contributed by atoms with Gasteiger partial charge in [-0.25, -0.2) is 4.79 Å². The first-order valence-corrected chi connectivity index (χ1v) is 10.1. The van der Waals surface area contributed by atoms with E-state index in [9.17, 15) is 4.79 Å². The van der Waals surface area contributed by atoms with Gasteiger partial charge in [-0.05, 0) is 67.5 Å². The third kappa shape index (κ3) is 5.65. The highest BCUT2D eigenvalue weighted by atomic mass is 16.5. The van der Waals surface area contributed by atoms with Gasteiger partial charge in [0.25, 0.3) is 0 Å². The fraction of sp³-hybridized carbons (Fsp3) is 0.435. The number of urea groups is 1. The number of likely N-dealkylation sites (tertiary alicyclic amines) is 1. The first kappa shape index (κ1) is 20.1. The molecule has 2 aromatic rings. The minimum atomic E-state index is 0.0400. The van der Waals surface area contributed by atoms with E-state index in [4.69, 9.17) is 9.47 Å². The van der Waals surface area contributed by atoms with Gasteiger partial charge in [-0.15, -0.1) is 0 Å². The van der Waals surface area contributed by atoms with Gasteiger partial charge in [0.15, 0.2) is 0 Å². The molecule has 1 N–H and O–H groups in total. The third-order valence-electron chi connectivity index (χ3n) is 5.16. The Morgan fingerprint density at radius 3 is 2.71 bits per heavy atom. The van der Waals surface area contributed by atoms with Crippen LogP contribution in [-0.4, -0.2) is 44.3 Å². The van der Waals surface area contributed by atoms with Gasteiger partial charge in [0, 0.05) is 19.6 Å². The molecule has 0 radical (unpaired) electrons. The maximum absolute atomic E-state index is 12.5. The van der Waals surface area contributed by atoms with Gasteiger partial charge in [-0.2, -0.15) is 0 Å². The second-order valence-corrected chi connectivity index (χ2v) is 7.22. The van der Waals surface area contributed by atoms with Crippen LogP contribution in [0.5, 0.6) is 11.5 Å². The molecule has 0 aromatic heterocycles. The Balaban J connectivity index is 1.41. The van der Waals surface area contributed by atoms with E-state index < -0.39 is 0 Å². The van der Waals surface area contributed by atoms with Crippen molar-refractivity contribution in [1.29, 1.82) is 0 Å². The molecule has 0 saturated carbocycles. The second-order valence-electron chi connectivity index (χ2n) is 7.22. The standard InChI is InChI=1S/C23H30N2O3/c1-3-28-22-6-4-5-18(16-22)11-13-24-23(26)25-14-12-20(17-25)15-19-7-9-21(27-2)10-8-19/h4-10,16,20H,3,11-15,17H2,1-2H3,(H,24,26). The largest absolute Gasteiger partial charge is 0.497 e. The molecule has 1 fully saturated rings. The topological polar surface area (TPSA) is 50.8 Å². The van der Waals surface area contributed by atoms with E-state index in [1.165, 1.54) is 11.1 Å². The molecule has 5 heteroatoms. The molecule has 1 heterocycles. The summed E-state index contributed by atoms with van der Waals surface area (Å²) in [4.78, 5) is 14.4. The van der Waals surface area contributed by atoms with Crippen LogP contribution in [0.25, 0.3) is 0 Å². The van der Waals surface area contributed by atoms with Crippen molar-refractivity contribution < 1.29 is 14.3 Å². The number of hydrogen-bond acceptors (Lipinski definition) is 3. The van der Waals surface area contributed by atoms with E-state index in [1.54, 1.807) is 7.11 Å². The van der Waals surface area contributed by atoms with Crippen LogP contribution in [-0.2, 0) is 12.8 Å². The maximum Gasteiger partial charge on any atom is 0.317 e. The highest BCUT2D eigenvalue weighted by Crippen LogP contribution is 2.22. The molecule has 0 bridgehead atoms. The number of nitrogens with zero attached hydrogens (tertiary/aromatic N) is 1. The fourth-order valence-electron chi connectivity index (χ4n) is 3.66. The number of hydrogen-bond donors (Lipinski definition) is 1. The zero-order chi connectivity index (χ0) is 19.8. The van der Waals surface area contributed by atoms with Crippen molar-refractivity contribution >= 4 is 6.03 Å². The zero-order valence-electron chi connectivity index (χ0n) is 16.8. The van der Waals surface area contributed by atoms with Crippen LogP contribution < -0.4 is 14.8 Å².